The van der Waals surface area contributed by atoms with Gasteiger partial charge in [0.05, 0.1) is 6.54 Å². The standard InChI is InChI=1S/C16H24N2O/c1-13-6-2-3-7-14(13)10-11-17-12-16(19)18-15-8-4-5-9-15/h2-3,6-7,15,17H,4-5,8-12H2,1H3,(H,18,19). The van der Waals surface area contributed by atoms with Gasteiger partial charge in [0.1, 0.15) is 0 Å². The number of rotatable bonds is 6. The highest BCUT2D eigenvalue weighted by molar-refractivity contribution is 5.78. The van der Waals surface area contributed by atoms with Gasteiger partial charge in [-0.3, -0.25) is 4.79 Å². The summed E-state index contributed by atoms with van der Waals surface area (Å²) >= 11 is 0. The summed E-state index contributed by atoms with van der Waals surface area (Å²) in [7, 11) is 0. The topological polar surface area (TPSA) is 41.1 Å². The van der Waals surface area contributed by atoms with Crippen molar-refractivity contribution < 1.29 is 4.79 Å². The SMILES string of the molecule is Cc1ccccc1CCNCC(=O)NC1CCCC1. The lowest BCUT2D eigenvalue weighted by Crippen LogP contribution is -2.39. The van der Waals surface area contributed by atoms with Crippen molar-refractivity contribution in [2.75, 3.05) is 13.1 Å². The summed E-state index contributed by atoms with van der Waals surface area (Å²) in [5, 5.41) is 6.31. The van der Waals surface area contributed by atoms with Gasteiger partial charge in [-0.1, -0.05) is 37.1 Å². The highest BCUT2D eigenvalue weighted by Crippen LogP contribution is 2.17. The molecule has 0 unspecified atom stereocenters. The molecule has 1 amide bonds. The van der Waals surface area contributed by atoms with E-state index in [1.165, 1.54) is 24.0 Å². The molecule has 1 saturated carbocycles. The van der Waals surface area contributed by atoms with Crippen LogP contribution in [0.5, 0.6) is 0 Å². The van der Waals surface area contributed by atoms with Gasteiger partial charge in [-0.2, -0.15) is 0 Å². The third-order valence-electron chi connectivity index (χ3n) is 3.84. The molecule has 1 aliphatic carbocycles. The van der Waals surface area contributed by atoms with E-state index in [4.69, 9.17) is 0 Å². The minimum absolute atomic E-state index is 0.136. The maximum Gasteiger partial charge on any atom is 0.234 e. The van der Waals surface area contributed by atoms with Crippen molar-refractivity contribution in [3.63, 3.8) is 0 Å². The van der Waals surface area contributed by atoms with Gasteiger partial charge >= 0.3 is 0 Å². The minimum Gasteiger partial charge on any atom is -0.352 e. The molecule has 0 heterocycles. The van der Waals surface area contributed by atoms with Crippen molar-refractivity contribution >= 4 is 5.91 Å². The first-order valence-electron chi connectivity index (χ1n) is 7.30. The number of hydrogen-bond donors (Lipinski definition) is 2. The second-order valence-corrected chi connectivity index (χ2v) is 5.40. The number of hydrogen-bond acceptors (Lipinski definition) is 2. The molecule has 0 aliphatic heterocycles. The molecule has 3 nitrogen and oxygen atoms in total. The van der Waals surface area contributed by atoms with E-state index in [9.17, 15) is 4.79 Å². The molecule has 1 aromatic carbocycles. The van der Waals surface area contributed by atoms with Gasteiger partial charge in [-0.05, 0) is 43.9 Å². The number of benzene rings is 1. The molecule has 3 heteroatoms. The van der Waals surface area contributed by atoms with Crippen LogP contribution in [0.15, 0.2) is 24.3 Å². The maximum atomic E-state index is 11.7. The van der Waals surface area contributed by atoms with Crippen LogP contribution in [0, 0.1) is 6.92 Å². The Morgan fingerprint density at radius 3 is 2.74 bits per heavy atom. The zero-order valence-electron chi connectivity index (χ0n) is 11.7. The molecule has 19 heavy (non-hydrogen) atoms. The third-order valence-corrected chi connectivity index (χ3v) is 3.84. The van der Waals surface area contributed by atoms with Gasteiger partial charge in [0, 0.05) is 6.04 Å². The van der Waals surface area contributed by atoms with Crippen molar-refractivity contribution in [1.82, 2.24) is 10.6 Å². The van der Waals surface area contributed by atoms with Crippen LogP contribution in [0.2, 0.25) is 0 Å². The maximum absolute atomic E-state index is 11.7. The Bertz CT molecular complexity index is 411. The molecule has 0 radical (unpaired) electrons. The second-order valence-electron chi connectivity index (χ2n) is 5.40. The van der Waals surface area contributed by atoms with Crippen molar-refractivity contribution in [1.29, 1.82) is 0 Å². The molecule has 0 bridgehead atoms. The summed E-state index contributed by atoms with van der Waals surface area (Å²) in [4.78, 5) is 11.7. The zero-order chi connectivity index (χ0) is 13.5. The summed E-state index contributed by atoms with van der Waals surface area (Å²) in [5.74, 6) is 0.136. The van der Waals surface area contributed by atoms with E-state index in [1.54, 1.807) is 0 Å². The van der Waals surface area contributed by atoms with E-state index >= 15 is 0 Å². The molecule has 2 N–H and O–H groups in total. The molecular formula is C16H24N2O. The monoisotopic (exact) mass is 260 g/mol. The number of carbonyl (C=O) groups is 1. The molecule has 0 atom stereocenters. The van der Waals surface area contributed by atoms with E-state index in [2.05, 4.69) is 41.8 Å². The second kappa shape index (κ2) is 7.29. The Morgan fingerprint density at radius 1 is 1.26 bits per heavy atom. The normalized spacial score (nSPS) is 15.6. The predicted molar refractivity (Wildman–Crippen MR) is 78.2 cm³/mol. The fourth-order valence-electron chi connectivity index (χ4n) is 2.66. The van der Waals surface area contributed by atoms with E-state index in [-0.39, 0.29) is 5.91 Å². The quantitative estimate of drug-likeness (QED) is 0.770. The Morgan fingerprint density at radius 2 is 2.00 bits per heavy atom. The van der Waals surface area contributed by atoms with Crippen LogP contribution in [0.3, 0.4) is 0 Å². The molecule has 1 aliphatic rings. The van der Waals surface area contributed by atoms with Crippen molar-refractivity contribution in [3.8, 4) is 0 Å². The van der Waals surface area contributed by atoms with Crippen LogP contribution in [-0.2, 0) is 11.2 Å². The van der Waals surface area contributed by atoms with E-state index in [0.29, 0.717) is 12.6 Å². The van der Waals surface area contributed by atoms with E-state index in [1.807, 2.05) is 0 Å². The fraction of sp³-hybridized carbons (Fsp3) is 0.562. The molecular weight excluding hydrogens is 236 g/mol. The Hall–Kier alpha value is -1.35. The van der Waals surface area contributed by atoms with Crippen LogP contribution in [0.4, 0.5) is 0 Å². The summed E-state index contributed by atoms with van der Waals surface area (Å²) in [6, 6.07) is 8.82. The van der Waals surface area contributed by atoms with Gasteiger partial charge in [-0.15, -0.1) is 0 Å². The van der Waals surface area contributed by atoms with Crippen molar-refractivity contribution in [2.24, 2.45) is 0 Å². The summed E-state index contributed by atoms with van der Waals surface area (Å²) < 4.78 is 0. The highest BCUT2D eigenvalue weighted by Gasteiger charge is 2.16. The molecule has 0 spiro atoms. The van der Waals surface area contributed by atoms with Crippen molar-refractivity contribution in [2.45, 2.75) is 45.1 Å². The average Bonchev–Trinajstić information content (AvgIpc) is 2.89. The van der Waals surface area contributed by atoms with E-state index < -0.39 is 0 Å². The first-order valence-corrected chi connectivity index (χ1v) is 7.30. The van der Waals surface area contributed by atoms with Gasteiger partial charge in [0.25, 0.3) is 0 Å². The summed E-state index contributed by atoms with van der Waals surface area (Å²) in [5.41, 5.74) is 2.67. The fourth-order valence-corrected chi connectivity index (χ4v) is 2.66. The Labute approximate surface area is 115 Å². The largest absolute Gasteiger partial charge is 0.352 e. The van der Waals surface area contributed by atoms with Crippen LogP contribution in [-0.4, -0.2) is 25.0 Å². The molecule has 0 saturated heterocycles. The molecule has 104 valence electrons. The smallest absolute Gasteiger partial charge is 0.234 e. The van der Waals surface area contributed by atoms with Crippen molar-refractivity contribution in [3.05, 3.63) is 35.4 Å². The van der Waals surface area contributed by atoms with Gasteiger partial charge in [0.15, 0.2) is 0 Å². The third kappa shape index (κ3) is 4.67. The molecule has 1 fully saturated rings. The summed E-state index contributed by atoms with van der Waals surface area (Å²) in [6.07, 6.45) is 5.78. The molecule has 2 rings (SSSR count). The van der Waals surface area contributed by atoms with Crippen LogP contribution in [0.25, 0.3) is 0 Å². The van der Waals surface area contributed by atoms with Gasteiger partial charge in [0.2, 0.25) is 5.91 Å². The zero-order valence-corrected chi connectivity index (χ0v) is 11.7. The number of amides is 1. The first-order chi connectivity index (χ1) is 9.25. The van der Waals surface area contributed by atoms with Crippen LogP contribution >= 0.6 is 0 Å². The Balaban J connectivity index is 1.61. The Kier molecular flexibility index (Phi) is 5.40. The first kappa shape index (κ1) is 14.1. The number of nitrogens with one attached hydrogen (secondary N) is 2. The molecule has 1 aromatic rings. The average molecular weight is 260 g/mol. The lowest BCUT2D eigenvalue weighted by atomic mass is 10.1. The lowest BCUT2D eigenvalue weighted by molar-refractivity contribution is -0.120. The predicted octanol–water partition coefficient (Wildman–Crippen LogP) is 2.19. The minimum atomic E-state index is 0.136. The summed E-state index contributed by atoms with van der Waals surface area (Å²) in [6.45, 7) is 3.41. The van der Waals surface area contributed by atoms with Crippen LogP contribution < -0.4 is 10.6 Å². The number of aryl methyl sites for hydroxylation is 1. The lowest BCUT2D eigenvalue weighted by Gasteiger charge is -2.12. The van der Waals surface area contributed by atoms with Gasteiger partial charge < -0.3 is 10.6 Å². The number of carbonyl (C=O) groups excluding carboxylic acids is 1. The van der Waals surface area contributed by atoms with Gasteiger partial charge in [-0.25, -0.2) is 0 Å². The van der Waals surface area contributed by atoms with Crippen LogP contribution in [0.1, 0.15) is 36.8 Å². The van der Waals surface area contributed by atoms with E-state index in [0.717, 1.165) is 25.8 Å². The molecule has 0 aromatic heterocycles. The highest BCUT2D eigenvalue weighted by atomic mass is 16.1.